The molecule has 0 bridgehead atoms. The number of nitrogens with zero attached hydrogens (tertiary/aromatic N) is 2. The Hall–Kier alpha value is -2.14. The second-order valence-electron chi connectivity index (χ2n) is 5.14. The molecule has 1 fully saturated rings. The van der Waals surface area contributed by atoms with Gasteiger partial charge >= 0.3 is 0 Å². The Morgan fingerprint density at radius 3 is 2.90 bits per heavy atom. The van der Waals surface area contributed by atoms with Crippen LogP contribution in [-0.4, -0.2) is 46.7 Å². The Labute approximate surface area is 118 Å². The van der Waals surface area contributed by atoms with E-state index in [1.807, 2.05) is 41.3 Å². The van der Waals surface area contributed by atoms with Crippen molar-refractivity contribution in [3.05, 3.63) is 42.1 Å². The van der Waals surface area contributed by atoms with E-state index in [9.17, 15) is 4.79 Å². The molecule has 1 unspecified atom stereocenters. The predicted octanol–water partition coefficient (Wildman–Crippen LogP) is 1.51. The van der Waals surface area contributed by atoms with Crippen molar-refractivity contribution in [1.82, 2.24) is 20.4 Å². The normalized spacial score (nSPS) is 19.1. The molecule has 1 aromatic heterocycles. The number of rotatable bonds is 2. The average molecular weight is 270 g/mol. The first-order valence-corrected chi connectivity index (χ1v) is 6.87. The third-order valence-corrected chi connectivity index (χ3v) is 3.53. The summed E-state index contributed by atoms with van der Waals surface area (Å²) >= 11 is 0. The second kappa shape index (κ2) is 5.46. The lowest BCUT2D eigenvalue weighted by atomic mass is 10.1. The molecule has 5 heteroatoms. The van der Waals surface area contributed by atoms with Crippen LogP contribution in [0, 0.1) is 0 Å². The van der Waals surface area contributed by atoms with Crippen molar-refractivity contribution in [3.8, 4) is 11.3 Å². The zero-order valence-electron chi connectivity index (χ0n) is 11.5. The lowest BCUT2D eigenvalue weighted by Crippen LogP contribution is -2.51. The van der Waals surface area contributed by atoms with Crippen molar-refractivity contribution in [2.45, 2.75) is 13.0 Å². The zero-order valence-corrected chi connectivity index (χ0v) is 11.5. The summed E-state index contributed by atoms with van der Waals surface area (Å²) in [7, 11) is 0. The highest BCUT2D eigenvalue weighted by molar-refractivity contribution is 5.93. The van der Waals surface area contributed by atoms with Gasteiger partial charge in [-0.25, -0.2) is 0 Å². The smallest absolute Gasteiger partial charge is 0.271 e. The number of H-pyrrole nitrogens is 1. The Morgan fingerprint density at radius 2 is 2.15 bits per heavy atom. The fraction of sp³-hybridized carbons (Fsp3) is 0.333. The highest BCUT2D eigenvalue weighted by atomic mass is 16.2. The number of aromatic amines is 1. The van der Waals surface area contributed by atoms with Gasteiger partial charge in [0.1, 0.15) is 5.69 Å². The Balaban J connectivity index is 1.78. The molecule has 1 aliphatic heterocycles. The lowest BCUT2D eigenvalue weighted by Gasteiger charge is -2.31. The molecule has 1 atom stereocenters. The largest absolute Gasteiger partial charge is 0.335 e. The van der Waals surface area contributed by atoms with E-state index >= 15 is 0 Å². The maximum Gasteiger partial charge on any atom is 0.271 e. The molecule has 0 saturated carbocycles. The predicted molar refractivity (Wildman–Crippen MR) is 77.4 cm³/mol. The number of amides is 1. The fourth-order valence-electron chi connectivity index (χ4n) is 2.48. The summed E-state index contributed by atoms with van der Waals surface area (Å²) in [4.78, 5) is 14.3. The summed E-state index contributed by atoms with van der Waals surface area (Å²) in [5.41, 5.74) is 2.37. The van der Waals surface area contributed by atoms with Gasteiger partial charge in [-0.15, -0.1) is 0 Å². The number of carbonyl (C=O) groups excluding carboxylic acids is 1. The molecule has 5 nitrogen and oxygen atoms in total. The van der Waals surface area contributed by atoms with Crippen LogP contribution in [0.3, 0.4) is 0 Å². The van der Waals surface area contributed by atoms with E-state index in [0.29, 0.717) is 11.7 Å². The third kappa shape index (κ3) is 2.58. The standard InChI is InChI=1S/C15H18N4O/c1-11-10-19(8-7-16-11)15(20)14-9-13(17-18-14)12-5-3-2-4-6-12/h2-6,9,11,16H,7-8,10H2,1H3,(H,17,18). The minimum absolute atomic E-state index is 0.0213. The van der Waals surface area contributed by atoms with E-state index in [1.54, 1.807) is 0 Å². The van der Waals surface area contributed by atoms with E-state index < -0.39 is 0 Å². The van der Waals surface area contributed by atoms with E-state index in [0.717, 1.165) is 30.9 Å². The van der Waals surface area contributed by atoms with Gasteiger partial charge in [0, 0.05) is 31.2 Å². The first-order valence-electron chi connectivity index (χ1n) is 6.87. The molecule has 1 saturated heterocycles. The Kier molecular flexibility index (Phi) is 3.52. The van der Waals surface area contributed by atoms with Crippen LogP contribution in [0.1, 0.15) is 17.4 Å². The van der Waals surface area contributed by atoms with E-state index in [2.05, 4.69) is 22.4 Å². The molecule has 1 aromatic carbocycles. The number of hydrogen-bond acceptors (Lipinski definition) is 3. The zero-order chi connectivity index (χ0) is 13.9. The van der Waals surface area contributed by atoms with Crippen LogP contribution in [0.5, 0.6) is 0 Å². The van der Waals surface area contributed by atoms with Gasteiger partial charge in [-0.2, -0.15) is 5.10 Å². The Morgan fingerprint density at radius 1 is 1.35 bits per heavy atom. The van der Waals surface area contributed by atoms with Crippen LogP contribution in [0.25, 0.3) is 11.3 Å². The first-order chi connectivity index (χ1) is 9.74. The summed E-state index contributed by atoms with van der Waals surface area (Å²) < 4.78 is 0. The molecule has 20 heavy (non-hydrogen) atoms. The summed E-state index contributed by atoms with van der Waals surface area (Å²) in [6.45, 7) is 4.40. The average Bonchev–Trinajstić information content (AvgIpc) is 2.97. The number of hydrogen-bond donors (Lipinski definition) is 2. The SMILES string of the molecule is CC1CN(C(=O)c2cc(-c3ccccc3)n[nH]2)CCN1. The summed E-state index contributed by atoms with van der Waals surface area (Å²) in [6, 6.07) is 12.0. The van der Waals surface area contributed by atoms with Crippen LogP contribution in [0.15, 0.2) is 36.4 Å². The first kappa shape index (κ1) is 12.9. The second-order valence-corrected chi connectivity index (χ2v) is 5.14. The third-order valence-electron chi connectivity index (χ3n) is 3.53. The van der Waals surface area contributed by atoms with Crippen molar-refractivity contribution in [2.24, 2.45) is 0 Å². The molecule has 3 rings (SSSR count). The van der Waals surface area contributed by atoms with Crippen molar-refractivity contribution < 1.29 is 4.79 Å². The van der Waals surface area contributed by atoms with E-state index in [1.165, 1.54) is 0 Å². The van der Waals surface area contributed by atoms with Gasteiger partial charge in [-0.1, -0.05) is 30.3 Å². The van der Waals surface area contributed by atoms with Gasteiger partial charge in [0.15, 0.2) is 0 Å². The molecule has 2 N–H and O–H groups in total. The maximum atomic E-state index is 12.4. The monoisotopic (exact) mass is 270 g/mol. The lowest BCUT2D eigenvalue weighted by molar-refractivity contribution is 0.0703. The van der Waals surface area contributed by atoms with Gasteiger partial charge < -0.3 is 10.2 Å². The van der Waals surface area contributed by atoms with Crippen molar-refractivity contribution >= 4 is 5.91 Å². The van der Waals surface area contributed by atoms with Crippen LogP contribution >= 0.6 is 0 Å². The highest BCUT2D eigenvalue weighted by Crippen LogP contribution is 2.18. The molecule has 0 spiro atoms. The molecule has 2 aromatic rings. The van der Waals surface area contributed by atoms with E-state index in [4.69, 9.17) is 0 Å². The topological polar surface area (TPSA) is 61.0 Å². The van der Waals surface area contributed by atoms with Gasteiger partial charge in [0.05, 0.1) is 5.69 Å². The van der Waals surface area contributed by atoms with Crippen LogP contribution in [-0.2, 0) is 0 Å². The summed E-state index contributed by atoms with van der Waals surface area (Å²) in [5, 5.41) is 10.4. The van der Waals surface area contributed by atoms with Gasteiger partial charge in [0.2, 0.25) is 0 Å². The van der Waals surface area contributed by atoms with Gasteiger partial charge in [-0.3, -0.25) is 9.89 Å². The summed E-state index contributed by atoms with van der Waals surface area (Å²) in [5.74, 6) is 0.0213. The van der Waals surface area contributed by atoms with Crippen molar-refractivity contribution in [3.63, 3.8) is 0 Å². The Bertz CT molecular complexity index is 593. The molecule has 0 aliphatic carbocycles. The molecule has 1 amide bonds. The van der Waals surface area contributed by atoms with Crippen molar-refractivity contribution in [1.29, 1.82) is 0 Å². The van der Waals surface area contributed by atoms with Crippen LogP contribution in [0.4, 0.5) is 0 Å². The van der Waals surface area contributed by atoms with E-state index in [-0.39, 0.29) is 5.91 Å². The van der Waals surface area contributed by atoms with Crippen LogP contribution < -0.4 is 5.32 Å². The maximum absolute atomic E-state index is 12.4. The molecule has 2 heterocycles. The minimum atomic E-state index is 0.0213. The molecular formula is C15H18N4O. The summed E-state index contributed by atoms with van der Waals surface area (Å²) in [6.07, 6.45) is 0. The number of aromatic nitrogens is 2. The molecular weight excluding hydrogens is 252 g/mol. The van der Waals surface area contributed by atoms with Gasteiger partial charge in [-0.05, 0) is 13.0 Å². The van der Waals surface area contributed by atoms with Crippen molar-refractivity contribution in [2.75, 3.05) is 19.6 Å². The number of nitrogens with one attached hydrogen (secondary N) is 2. The minimum Gasteiger partial charge on any atom is -0.335 e. The quantitative estimate of drug-likeness (QED) is 0.869. The highest BCUT2D eigenvalue weighted by Gasteiger charge is 2.23. The molecule has 1 aliphatic rings. The van der Waals surface area contributed by atoms with Crippen LogP contribution in [0.2, 0.25) is 0 Å². The fourth-order valence-corrected chi connectivity index (χ4v) is 2.48. The molecule has 104 valence electrons. The number of carbonyl (C=O) groups is 1. The van der Waals surface area contributed by atoms with Gasteiger partial charge in [0.25, 0.3) is 5.91 Å². The number of piperazine rings is 1. The number of benzene rings is 1. The molecule has 0 radical (unpaired) electrons.